The average molecular weight is 376 g/mol. The highest BCUT2D eigenvalue weighted by Gasteiger charge is 2.32. The predicted octanol–water partition coefficient (Wildman–Crippen LogP) is 4.49. The molecule has 0 saturated carbocycles. The molecule has 2 aliphatic rings. The van der Waals surface area contributed by atoms with Crippen molar-refractivity contribution in [1.82, 2.24) is 0 Å². The molecule has 108 valence electrons. The number of alkyl halides is 1. The molecule has 3 heteroatoms. The van der Waals surface area contributed by atoms with E-state index in [0.29, 0.717) is 9.34 Å². The Bertz CT molecular complexity index is 360. The van der Waals surface area contributed by atoms with Crippen molar-refractivity contribution in [1.29, 1.82) is 0 Å². The molecule has 2 aliphatic carbocycles. The van der Waals surface area contributed by atoms with E-state index < -0.39 is 0 Å². The summed E-state index contributed by atoms with van der Waals surface area (Å²) >= 11 is 2.53. The molecule has 0 aromatic heterocycles. The van der Waals surface area contributed by atoms with Gasteiger partial charge in [-0.3, -0.25) is 0 Å². The fourth-order valence-electron chi connectivity index (χ4n) is 2.81. The number of allylic oxidation sites excluding steroid dienone is 3. The van der Waals surface area contributed by atoms with Crippen LogP contribution in [-0.2, 0) is 9.47 Å². The summed E-state index contributed by atoms with van der Waals surface area (Å²) in [6.45, 7) is 5.43. The molecule has 0 fully saturated rings. The Hall–Kier alpha value is -0.0300. The number of hydrogen-bond donors (Lipinski definition) is 0. The minimum atomic E-state index is 0.130. The van der Waals surface area contributed by atoms with Gasteiger partial charge in [0.1, 0.15) is 11.9 Å². The van der Waals surface area contributed by atoms with Crippen LogP contribution >= 0.6 is 22.6 Å². The van der Waals surface area contributed by atoms with Gasteiger partial charge < -0.3 is 9.47 Å². The second kappa shape index (κ2) is 6.61. The van der Waals surface area contributed by atoms with Crippen LogP contribution in [0.3, 0.4) is 0 Å². The molecular formula is C16H25IO2. The first-order valence-electron chi connectivity index (χ1n) is 7.21. The van der Waals surface area contributed by atoms with Crippen LogP contribution in [0.2, 0.25) is 0 Å². The third-order valence-corrected chi connectivity index (χ3v) is 5.20. The number of ether oxygens (including phenoxy) is 2. The van der Waals surface area contributed by atoms with E-state index in [4.69, 9.17) is 9.47 Å². The molecule has 0 aromatic carbocycles. The molecule has 0 aliphatic heterocycles. The highest BCUT2D eigenvalue weighted by molar-refractivity contribution is 14.1. The molecule has 19 heavy (non-hydrogen) atoms. The summed E-state index contributed by atoms with van der Waals surface area (Å²) in [5.41, 5.74) is 0. The number of halogens is 1. The lowest BCUT2D eigenvalue weighted by atomic mass is 9.85. The van der Waals surface area contributed by atoms with Gasteiger partial charge in [0.2, 0.25) is 0 Å². The Morgan fingerprint density at radius 3 is 2.79 bits per heavy atom. The first kappa shape index (κ1) is 15.4. The highest BCUT2D eigenvalue weighted by Crippen LogP contribution is 2.37. The zero-order valence-corrected chi connectivity index (χ0v) is 14.4. The fourth-order valence-corrected chi connectivity index (χ4v) is 3.43. The number of rotatable bonds is 4. The minimum absolute atomic E-state index is 0.130. The molecule has 4 unspecified atom stereocenters. The first-order valence-corrected chi connectivity index (χ1v) is 8.29. The smallest absolute Gasteiger partial charge is 0.121 e. The number of methoxy groups -OCH3 is 1. The summed E-state index contributed by atoms with van der Waals surface area (Å²) in [5, 5.41) is 0. The van der Waals surface area contributed by atoms with Gasteiger partial charge in [-0.1, -0.05) is 48.6 Å². The maximum absolute atomic E-state index is 6.09. The van der Waals surface area contributed by atoms with Crippen LogP contribution in [0, 0.1) is 11.8 Å². The summed E-state index contributed by atoms with van der Waals surface area (Å²) in [6.07, 6.45) is 11.4. The van der Waals surface area contributed by atoms with E-state index in [1.807, 2.05) is 0 Å². The third kappa shape index (κ3) is 4.22. The Labute approximate surface area is 130 Å². The van der Waals surface area contributed by atoms with Crippen LogP contribution in [0.25, 0.3) is 0 Å². The standard InChI is InChI=1S/C16H25IO2/c1-12-6-4-5-7-13(12)11-19-14-8-9-16(2,17)10-15(14)18-3/h4-5,8,12-13,15H,6-7,9-11H2,1-3H3. The molecule has 0 radical (unpaired) electrons. The lowest BCUT2D eigenvalue weighted by Gasteiger charge is -2.34. The van der Waals surface area contributed by atoms with E-state index in [2.05, 4.69) is 54.7 Å². The van der Waals surface area contributed by atoms with Gasteiger partial charge in [-0.05, 0) is 43.6 Å². The summed E-state index contributed by atoms with van der Waals surface area (Å²) in [5.74, 6) is 2.43. The molecule has 2 rings (SSSR count). The van der Waals surface area contributed by atoms with Crippen LogP contribution in [0.15, 0.2) is 24.0 Å². The van der Waals surface area contributed by atoms with Gasteiger partial charge >= 0.3 is 0 Å². The monoisotopic (exact) mass is 376 g/mol. The van der Waals surface area contributed by atoms with Crippen molar-refractivity contribution in [2.75, 3.05) is 13.7 Å². The molecule has 4 atom stereocenters. The average Bonchev–Trinajstić information content (AvgIpc) is 2.38. The maximum atomic E-state index is 6.09. The van der Waals surface area contributed by atoms with Crippen molar-refractivity contribution in [2.24, 2.45) is 11.8 Å². The van der Waals surface area contributed by atoms with Gasteiger partial charge in [-0.2, -0.15) is 0 Å². The number of hydrogen-bond acceptors (Lipinski definition) is 2. The van der Waals surface area contributed by atoms with Gasteiger partial charge in [0.15, 0.2) is 0 Å². The normalized spacial score (nSPS) is 38.9. The second-order valence-electron chi connectivity index (χ2n) is 6.14. The van der Waals surface area contributed by atoms with E-state index in [1.54, 1.807) is 7.11 Å². The zero-order valence-electron chi connectivity index (χ0n) is 12.2. The Morgan fingerprint density at radius 1 is 1.37 bits per heavy atom. The SMILES string of the molecule is COC1CC(C)(I)CC=C1OCC1CC=CCC1C. The largest absolute Gasteiger partial charge is 0.495 e. The van der Waals surface area contributed by atoms with Gasteiger partial charge in [-0.15, -0.1) is 0 Å². The van der Waals surface area contributed by atoms with Crippen molar-refractivity contribution in [2.45, 2.75) is 49.1 Å². The lowest BCUT2D eigenvalue weighted by Crippen LogP contribution is -2.32. The van der Waals surface area contributed by atoms with E-state index in [9.17, 15) is 0 Å². The summed E-state index contributed by atoms with van der Waals surface area (Å²) in [4.78, 5) is 0. The van der Waals surface area contributed by atoms with Gasteiger partial charge in [-0.25, -0.2) is 0 Å². The molecule has 0 saturated heterocycles. The van der Waals surface area contributed by atoms with Crippen LogP contribution in [0.5, 0.6) is 0 Å². The molecule has 0 heterocycles. The van der Waals surface area contributed by atoms with Crippen LogP contribution in [0.1, 0.15) is 39.5 Å². The zero-order chi connectivity index (χ0) is 13.9. The molecular weight excluding hydrogens is 351 g/mol. The fraction of sp³-hybridized carbons (Fsp3) is 0.750. The summed E-state index contributed by atoms with van der Waals surface area (Å²) in [6, 6.07) is 0. The Balaban J connectivity index is 1.91. The topological polar surface area (TPSA) is 18.5 Å². The predicted molar refractivity (Wildman–Crippen MR) is 87.5 cm³/mol. The molecule has 2 nitrogen and oxygen atoms in total. The van der Waals surface area contributed by atoms with Gasteiger partial charge in [0.25, 0.3) is 0 Å². The van der Waals surface area contributed by atoms with Crippen LogP contribution in [-0.4, -0.2) is 23.2 Å². The van der Waals surface area contributed by atoms with Crippen molar-refractivity contribution in [3.63, 3.8) is 0 Å². The van der Waals surface area contributed by atoms with Crippen LogP contribution < -0.4 is 0 Å². The molecule has 0 bridgehead atoms. The molecule has 0 aromatic rings. The van der Waals surface area contributed by atoms with Crippen LogP contribution in [0.4, 0.5) is 0 Å². The maximum Gasteiger partial charge on any atom is 0.121 e. The van der Waals surface area contributed by atoms with Gasteiger partial charge in [0, 0.05) is 10.5 Å². The third-order valence-electron chi connectivity index (χ3n) is 4.32. The van der Waals surface area contributed by atoms with E-state index in [1.165, 1.54) is 6.42 Å². The second-order valence-corrected chi connectivity index (χ2v) is 8.75. The highest BCUT2D eigenvalue weighted by atomic mass is 127. The lowest BCUT2D eigenvalue weighted by molar-refractivity contribution is 0.0308. The van der Waals surface area contributed by atoms with Crippen molar-refractivity contribution < 1.29 is 9.47 Å². The molecule has 0 spiro atoms. The van der Waals surface area contributed by atoms with E-state index in [0.717, 1.165) is 37.5 Å². The Morgan fingerprint density at radius 2 is 2.11 bits per heavy atom. The summed E-state index contributed by atoms with van der Waals surface area (Å²) in [7, 11) is 1.78. The molecule has 0 N–H and O–H groups in total. The van der Waals surface area contributed by atoms with Crippen molar-refractivity contribution >= 4 is 22.6 Å². The summed E-state index contributed by atoms with van der Waals surface area (Å²) < 4.78 is 12.0. The van der Waals surface area contributed by atoms with E-state index in [-0.39, 0.29) is 6.10 Å². The Kier molecular flexibility index (Phi) is 5.35. The van der Waals surface area contributed by atoms with Crippen molar-refractivity contribution in [3.8, 4) is 0 Å². The quantitative estimate of drug-likeness (QED) is 0.409. The van der Waals surface area contributed by atoms with E-state index >= 15 is 0 Å². The minimum Gasteiger partial charge on any atom is -0.495 e. The first-order chi connectivity index (χ1) is 9.02. The van der Waals surface area contributed by atoms with Crippen molar-refractivity contribution in [3.05, 3.63) is 24.0 Å². The van der Waals surface area contributed by atoms with Gasteiger partial charge in [0.05, 0.1) is 6.61 Å². The molecule has 0 amide bonds.